The smallest absolute Gasteiger partial charge is 0.234 e. The number of nitrogens with zero attached hydrogens (tertiary/aromatic N) is 3. The maximum absolute atomic E-state index is 12.4. The predicted octanol–water partition coefficient (Wildman–Crippen LogP) is 2.97. The van der Waals surface area contributed by atoms with E-state index in [9.17, 15) is 9.59 Å². The molecule has 0 aliphatic heterocycles. The molecule has 0 bridgehead atoms. The fraction of sp³-hybridized carbons (Fsp3) is 0.273. The molecule has 0 unspecified atom stereocenters. The first-order valence-electron chi connectivity index (χ1n) is 9.75. The number of methoxy groups -OCH3 is 1. The number of thioether (sulfide) groups is 1. The van der Waals surface area contributed by atoms with Gasteiger partial charge in [0.05, 0.1) is 25.3 Å². The van der Waals surface area contributed by atoms with Gasteiger partial charge in [-0.1, -0.05) is 42.1 Å². The van der Waals surface area contributed by atoms with Gasteiger partial charge in [0.2, 0.25) is 11.8 Å². The lowest BCUT2D eigenvalue weighted by molar-refractivity contribution is -0.121. The number of amides is 2. The highest BCUT2D eigenvalue weighted by atomic mass is 32.2. The molecule has 0 radical (unpaired) electrons. The fourth-order valence-electron chi connectivity index (χ4n) is 2.96. The van der Waals surface area contributed by atoms with Crippen LogP contribution >= 0.6 is 11.8 Å². The van der Waals surface area contributed by atoms with Crippen LogP contribution < -0.4 is 15.4 Å². The monoisotopic (exact) mass is 439 g/mol. The number of benzene rings is 2. The van der Waals surface area contributed by atoms with E-state index in [0.29, 0.717) is 11.0 Å². The van der Waals surface area contributed by atoms with Crippen LogP contribution in [0.2, 0.25) is 0 Å². The van der Waals surface area contributed by atoms with Crippen molar-refractivity contribution in [1.29, 1.82) is 0 Å². The van der Waals surface area contributed by atoms with Crippen molar-refractivity contribution in [3.05, 3.63) is 66.0 Å². The summed E-state index contributed by atoms with van der Waals surface area (Å²) in [6, 6.07) is 16.3. The fourth-order valence-corrected chi connectivity index (χ4v) is 3.68. The Kier molecular flexibility index (Phi) is 7.66. The molecule has 0 aliphatic carbocycles. The molecule has 0 saturated carbocycles. The molecule has 2 N–H and O–H groups in total. The minimum atomic E-state index is -0.323. The predicted molar refractivity (Wildman–Crippen MR) is 120 cm³/mol. The Balaban J connectivity index is 1.52. The number of aromatic nitrogens is 3. The number of anilines is 1. The van der Waals surface area contributed by atoms with Gasteiger partial charge in [0.25, 0.3) is 0 Å². The number of hydrogen-bond acceptors (Lipinski definition) is 6. The van der Waals surface area contributed by atoms with Gasteiger partial charge in [-0.25, -0.2) is 0 Å². The normalized spacial score (nSPS) is 11.6. The van der Waals surface area contributed by atoms with Crippen LogP contribution in [-0.2, 0) is 23.1 Å². The molecule has 9 heteroatoms. The quantitative estimate of drug-likeness (QED) is 0.498. The maximum atomic E-state index is 12.4. The Bertz CT molecular complexity index is 1020. The van der Waals surface area contributed by atoms with E-state index in [-0.39, 0.29) is 30.0 Å². The highest BCUT2D eigenvalue weighted by Gasteiger charge is 2.18. The lowest BCUT2D eigenvalue weighted by atomic mass is 10.1. The largest absolute Gasteiger partial charge is 0.497 e. The molecule has 31 heavy (non-hydrogen) atoms. The zero-order chi connectivity index (χ0) is 22.2. The molecule has 0 aliphatic rings. The number of carbonyl (C=O) groups excluding carboxylic acids is 2. The summed E-state index contributed by atoms with van der Waals surface area (Å²) in [6.45, 7) is 1.85. The van der Waals surface area contributed by atoms with E-state index in [1.54, 1.807) is 11.7 Å². The Morgan fingerprint density at radius 1 is 1.06 bits per heavy atom. The second kappa shape index (κ2) is 10.6. The molecule has 3 rings (SSSR count). The molecule has 0 spiro atoms. The first kappa shape index (κ1) is 22.4. The van der Waals surface area contributed by atoms with Gasteiger partial charge in [0, 0.05) is 12.7 Å². The zero-order valence-electron chi connectivity index (χ0n) is 17.7. The second-order valence-corrected chi connectivity index (χ2v) is 7.86. The van der Waals surface area contributed by atoms with Crippen molar-refractivity contribution in [3.8, 4) is 5.75 Å². The van der Waals surface area contributed by atoms with E-state index in [1.807, 2.05) is 68.6 Å². The summed E-state index contributed by atoms with van der Waals surface area (Å²) in [5, 5.41) is 14.7. The van der Waals surface area contributed by atoms with Crippen LogP contribution in [0.5, 0.6) is 5.75 Å². The summed E-state index contributed by atoms with van der Waals surface area (Å²) in [5.41, 5.74) is 1.64. The van der Waals surface area contributed by atoms with Crippen LogP contribution in [0.15, 0.2) is 59.8 Å². The molecule has 3 aromatic rings. The first-order valence-corrected chi connectivity index (χ1v) is 10.7. The Morgan fingerprint density at radius 3 is 2.45 bits per heavy atom. The van der Waals surface area contributed by atoms with Crippen LogP contribution in [0.4, 0.5) is 5.69 Å². The average molecular weight is 440 g/mol. The van der Waals surface area contributed by atoms with Crippen LogP contribution in [0.25, 0.3) is 0 Å². The van der Waals surface area contributed by atoms with Crippen molar-refractivity contribution >= 4 is 29.3 Å². The number of para-hydroxylation sites is 1. The number of ether oxygens (including phenoxy) is 1. The summed E-state index contributed by atoms with van der Waals surface area (Å²) in [7, 11) is 3.42. The van der Waals surface area contributed by atoms with Crippen LogP contribution in [-0.4, -0.2) is 39.4 Å². The SMILES string of the molecule is COc1ccc(CC(=O)N[C@H](C)c2nnc(SCC(=O)Nc3ccccc3)n2C)cc1. The minimum absolute atomic E-state index is 0.114. The Hall–Kier alpha value is -3.33. The van der Waals surface area contributed by atoms with Crippen molar-refractivity contribution in [2.24, 2.45) is 7.05 Å². The topological polar surface area (TPSA) is 98.1 Å². The van der Waals surface area contributed by atoms with Crippen molar-refractivity contribution in [2.75, 3.05) is 18.2 Å². The summed E-state index contributed by atoms with van der Waals surface area (Å²) in [5.74, 6) is 1.34. The number of carbonyl (C=O) groups is 2. The van der Waals surface area contributed by atoms with Gasteiger partial charge in [-0.3, -0.25) is 9.59 Å². The number of hydrogen-bond donors (Lipinski definition) is 2. The molecule has 0 saturated heterocycles. The molecule has 8 nitrogen and oxygen atoms in total. The van der Waals surface area contributed by atoms with E-state index >= 15 is 0 Å². The van der Waals surface area contributed by atoms with Gasteiger partial charge in [-0.15, -0.1) is 10.2 Å². The molecule has 2 amide bonds. The number of nitrogens with one attached hydrogen (secondary N) is 2. The van der Waals surface area contributed by atoms with Crippen molar-refractivity contribution in [3.63, 3.8) is 0 Å². The van der Waals surface area contributed by atoms with E-state index < -0.39 is 0 Å². The van der Waals surface area contributed by atoms with Crippen LogP contribution in [0, 0.1) is 0 Å². The van der Waals surface area contributed by atoms with Crippen molar-refractivity contribution < 1.29 is 14.3 Å². The molecule has 1 heterocycles. The first-order chi connectivity index (χ1) is 15.0. The lowest BCUT2D eigenvalue weighted by Crippen LogP contribution is -2.29. The average Bonchev–Trinajstić information content (AvgIpc) is 3.14. The highest BCUT2D eigenvalue weighted by Crippen LogP contribution is 2.20. The van der Waals surface area contributed by atoms with Crippen LogP contribution in [0.1, 0.15) is 24.4 Å². The molecule has 1 atom stereocenters. The molecular weight excluding hydrogens is 414 g/mol. The molecular formula is C22H25N5O3S. The number of rotatable bonds is 9. The van der Waals surface area contributed by atoms with E-state index in [0.717, 1.165) is 17.0 Å². The van der Waals surface area contributed by atoms with Gasteiger partial charge < -0.3 is 19.9 Å². The van der Waals surface area contributed by atoms with Crippen LogP contribution in [0.3, 0.4) is 0 Å². The van der Waals surface area contributed by atoms with Crippen molar-refractivity contribution in [2.45, 2.75) is 24.5 Å². The third-order valence-electron chi connectivity index (χ3n) is 4.55. The van der Waals surface area contributed by atoms with Gasteiger partial charge in [0.1, 0.15) is 5.75 Å². The van der Waals surface area contributed by atoms with Crippen molar-refractivity contribution in [1.82, 2.24) is 20.1 Å². The van der Waals surface area contributed by atoms with Gasteiger partial charge in [-0.05, 0) is 36.8 Å². The molecule has 2 aromatic carbocycles. The third kappa shape index (κ3) is 6.32. The van der Waals surface area contributed by atoms with E-state index in [4.69, 9.17) is 4.74 Å². The Morgan fingerprint density at radius 2 is 1.77 bits per heavy atom. The summed E-state index contributed by atoms with van der Waals surface area (Å²) >= 11 is 1.29. The summed E-state index contributed by atoms with van der Waals surface area (Å²) in [6.07, 6.45) is 0.257. The Labute approximate surface area is 185 Å². The second-order valence-electron chi connectivity index (χ2n) is 6.92. The van der Waals surface area contributed by atoms with Gasteiger partial charge in [-0.2, -0.15) is 0 Å². The summed E-state index contributed by atoms with van der Waals surface area (Å²) in [4.78, 5) is 24.5. The van der Waals surface area contributed by atoms with E-state index in [2.05, 4.69) is 20.8 Å². The summed E-state index contributed by atoms with van der Waals surface area (Å²) < 4.78 is 6.92. The van der Waals surface area contributed by atoms with E-state index in [1.165, 1.54) is 11.8 Å². The molecule has 162 valence electrons. The van der Waals surface area contributed by atoms with Gasteiger partial charge >= 0.3 is 0 Å². The van der Waals surface area contributed by atoms with Gasteiger partial charge in [0.15, 0.2) is 11.0 Å². The lowest BCUT2D eigenvalue weighted by Gasteiger charge is -2.14. The highest BCUT2D eigenvalue weighted by molar-refractivity contribution is 7.99. The molecule has 0 fully saturated rings. The zero-order valence-corrected chi connectivity index (χ0v) is 18.5. The minimum Gasteiger partial charge on any atom is -0.497 e. The standard InChI is InChI=1S/C22H25N5O3S/c1-15(23-19(28)13-16-9-11-18(30-3)12-10-16)21-25-26-22(27(21)2)31-14-20(29)24-17-7-5-4-6-8-17/h4-12,15H,13-14H2,1-3H3,(H,23,28)(H,24,29)/t15-/m1/s1. The third-order valence-corrected chi connectivity index (χ3v) is 5.57. The maximum Gasteiger partial charge on any atom is 0.234 e. The molecule has 1 aromatic heterocycles.